The van der Waals surface area contributed by atoms with Gasteiger partial charge in [-0.05, 0) is 26.7 Å². The highest BCUT2D eigenvalue weighted by molar-refractivity contribution is 7.53. The molecule has 0 bridgehead atoms. The van der Waals surface area contributed by atoms with Gasteiger partial charge in [-0.15, -0.1) is 0 Å². The molecule has 2 rings (SSSR count). The number of rotatable bonds is 13. The molecule has 1 saturated heterocycles. The van der Waals surface area contributed by atoms with Gasteiger partial charge < -0.3 is 27.9 Å². The van der Waals surface area contributed by atoms with Gasteiger partial charge in [0, 0.05) is 11.8 Å². The molecular weight excluding hydrogens is 490 g/mol. The molecule has 0 saturated carbocycles. The average molecular weight is 522 g/mol. The minimum atomic E-state index is -3.47. The standard InChI is InChI=1S/C19H32N4O9P2/c1-5-29-34(27,30-6-2)11-13(4)15-16(32-33(21)28-9-7-8-20)14(24)18(31-15)23-10-12(3)17(25)22-19(23)26/h10,13-16,18,24H,5-7,9,11,21H2,1-4H3,(H,22,25,26)/t13-,14-,15?,16+,18?,33?/m1/s1. The van der Waals surface area contributed by atoms with Gasteiger partial charge >= 0.3 is 13.3 Å². The zero-order chi connectivity index (χ0) is 25.5. The predicted molar refractivity (Wildman–Crippen MR) is 123 cm³/mol. The van der Waals surface area contributed by atoms with Crippen molar-refractivity contribution in [3.63, 3.8) is 0 Å². The van der Waals surface area contributed by atoms with Crippen LogP contribution in [0.1, 0.15) is 39.0 Å². The van der Waals surface area contributed by atoms with Crippen LogP contribution in [0.25, 0.3) is 0 Å². The minimum absolute atomic E-state index is 0.0362. The van der Waals surface area contributed by atoms with Crippen molar-refractivity contribution in [2.24, 2.45) is 11.4 Å². The number of nitrogens with two attached hydrogens (primary N) is 1. The molecule has 1 aliphatic heterocycles. The number of aromatic nitrogens is 2. The van der Waals surface area contributed by atoms with Gasteiger partial charge in [-0.3, -0.25) is 24.4 Å². The molecule has 13 nitrogen and oxygen atoms in total. The van der Waals surface area contributed by atoms with Gasteiger partial charge in [0.1, 0.15) is 12.2 Å². The molecule has 0 amide bonds. The van der Waals surface area contributed by atoms with Crippen LogP contribution in [-0.2, 0) is 27.4 Å². The fourth-order valence-electron chi connectivity index (χ4n) is 3.59. The van der Waals surface area contributed by atoms with Gasteiger partial charge in [-0.2, -0.15) is 5.26 Å². The molecule has 1 fully saturated rings. The number of hydrogen-bond donors (Lipinski definition) is 3. The van der Waals surface area contributed by atoms with Crippen molar-refractivity contribution in [1.29, 1.82) is 5.26 Å². The molecule has 15 heteroatoms. The quantitative estimate of drug-likeness (QED) is 0.252. The number of hydrogen-bond acceptors (Lipinski definition) is 11. The van der Waals surface area contributed by atoms with Crippen LogP contribution >= 0.6 is 16.1 Å². The van der Waals surface area contributed by atoms with E-state index in [2.05, 4.69) is 4.98 Å². The van der Waals surface area contributed by atoms with Gasteiger partial charge in [0.05, 0.1) is 44.6 Å². The van der Waals surface area contributed by atoms with Crippen molar-refractivity contribution in [3.05, 3.63) is 32.6 Å². The fraction of sp³-hybridized carbons (Fsp3) is 0.737. The third-order valence-electron chi connectivity index (χ3n) is 5.05. The number of H-pyrrole nitrogens is 1. The molecule has 6 atom stereocenters. The molecular formula is C19H32N4O9P2. The first-order valence-corrected chi connectivity index (χ1v) is 13.8. The Labute approximate surface area is 198 Å². The summed E-state index contributed by atoms with van der Waals surface area (Å²) < 4.78 is 42.0. The summed E-state index contributed by atoms with van der Waals surface area (Å²) in [6.07, 6.45) is -3.24. The van der Waals surface area contributed by atoms with Crippen LogP contribution in [0.2, 0.25) is 0 Å². The molecule has 0 radical (unpaired) electrons. The van der Waals surface area contributed by atoms with E-state index in [0.717, 1.165) is 4.57 Å². The Hall–Kier alpha value is -1.45. The van der Waals surface area contributed by atoms with Gasteiger partial charge in [0.15, 0.2) is 6.23 Å². The first-order valence-electron chi connectivity index (χ1n) is 10.8. The van der Waals surface area contributed by atoms with Crippen molar-refractivity contribution >= 4 is 16.1 Å². The van der Waals surface area contributed by atoms with E-state index in [-0.39, 0.29) is 38.0 Å². The number of nitriles is 1. The molecule has 3 unspecified atom stereocenters. The predicted octanol–water partition coefficient (Wildman–Crippen LogP) is 1.51. The van der Waals surface area contributed by atoms with E-state index in [1.807, 2.05) is 6.07 Å². The highest BCUT2D eigenvalue weighted by Gasteiger charge is 2.50. The Bertz CT molecular complexity index is 1000. The van der Waals surface area contributed by atoms with Crippen molar-refractivity contribution in [1.82, 2.24) is 9.55 Å². The summed E-state index contributed by atoms with van der Waals surface area (Å²) in [5.41, 5.74) is 4.83. The molecule has 0 spiro atoms. The third kappa shape index (κ3) is 7.28. The zero-order valence-electron chi connectivity index (χ0n) is 19.6. The smallest absolute Gasteiger partial charge is 0.331 e. The van der Waals surface area contributed by atoms with Crippen LogP contribution < -0.4 is 16.8 Å². The van der Waals surface area contributed by atoms with Crippen molar-refractivity contribution in [2.75, 3.05) is 26.0 Å². The first-order chi connectivity index (χ1) is 16.1. The van der Waals surface area contributed by atoms with E-state index < -0.39 is 57.8 Å². The van der Waals surface area contributed by atoms with E-state index in [9.17, 15) is 19.3 Å². The summed E-state index contributed by atoms with van der Waals surface area (Å²) >= 11 is 0. The Morgan fingerprint density at radius 2 is 2.03 bits per heavy atom. The molecule has 0 aliphatic carbocycles. The van der Waals surface area contributed by atoms with Crippen LogP contribution in [0.5, 0.6) is 0 Å². The minimum Gasteiger partial charge on any atom is -0.386 e. The van der Waals surface area contributed by atoms with E-state index in [4.69, 9.17) is 33.6 Å². The molecule has 34 heavy (non-hydrogen) atoms. The fourth-order valence-corrected chi connectivity index (χ4v) is 6.39. The SMILES string of the molecule is CCOP(=O)(C[C@@H](C)C1OC(n2cc(C)c(=O)[nH]c2=O)[C@H](O)[C@@H]1OP(N)OCCC#N)OCC. The number of aliphatic hydroxyl groups excluding tert-OH is 1. The molecule has 192 valence electrons. The lowest BCUT2D eigenvalue weighted by molar-refractivity contribution is -0.0532. The number of nitrogens with zero attached hydrogens (tertiary/aromatic N) is 2. The van der Waals surface area contributed by atoms with Crippen LogP contribution in [0.15, 0.2) is 15.8 Å². The van der Waals surface area contributed by atoms with Crippen molar-refractivity contribution in [3.8, 4) is 6.07 Å². The van der Waals surface area contributed by atoms with Gasteiger partial charge in [0.25, 0.3) is 14.1 Å². The summed E-state index contributed by atoms with van der Waals surface area (Å²) in [5, 5.41) is 19.7. The van der Waals surface area contributed by atoms with Crippen LogP contribution in [0.4, 0.5) is 0 Å². The van der Waals surface area contributed by atoms with E-state index in [1.54, 1.807) is 20.8 Å². The van der Waals surface area contributed by atoms with Gasteiger partial charge in [0.2, 0.25) is 0 Å². The average Bonchev–Trinajstić information content (AvgIpc) is 3.07. The molecule has 2 heterocycles. The van der Waals surface area contributed by atoms with Gasteiger partial charge in [-0.25, -0.2) is 4.79 Å². The highest BCUT2D eigenvalue weighted by Crippen LogP contribution is 2.52. The lowest BCUT2D eigenvalue weighted by atomic mass is 10.0. The highest BCUT2D eigenvalue weighted by atomic mass is 31.2. The lowest BCUT2D eigenvalue weighted by Crippen LogP contribution is -2.40. The Kier molecular flexibility index (Phi) is 11.0. The largest absolute Gasteiger partial charge is 0.386 e. The summed E-state index contributed by atoms with van der Waals surface area (Å²) in [6.45, 7) is 7.00. The molecule has 1 aromatic heterocycles. The second-order valence-corrected chi connectivity index (χ2v) is 10.8. The summed E-state index contributed by atoms with van der Waals surface area (Å²) in [4.78, 5) is 26.4. The maximum absolute atomic E-state index is 13.1. The number of nitrogens with one attached hydrogen (secondary N) is 1. The second kappa shape index (κ2) is 13.0. The molecule has 1 aromatic rings. The van der Waals surface area contributed by atoms with E-state index in [0.29, 0.717) is 0 Å². The lowest BCUT2D eigenvalue weighted by Gasteiger charge is -2.29. The van der Waals surface area contributed by atoms with Gasteiger partial charge in [-0.1, -0.05) is 6.92 Å². The van der Waals surface area contributed by atoms with Crippen molar-refractivity contribution in [2.45, 2.75) is 58.7 Å². The number of aromatic amines is 1. The summed E-state index contributed by atoms with van der Waals surface area (Å²) in [6, 6.07) is 1.92. The number of aliphatic hydroxyl groups is 1. The second-order valence-electron chi connectivity index (χ2n) is 7.66. The van der Waals surface area contributed by atoms with Crippen LogP contribution in [0, 0.1) is 24.2 Å². The van der Waals surface area contributed by atoms with Crippen LogP contribution in [-0.4, -0.2) is 59.0 Å². The van der Waals surface area contributed by atoms with Crippen LogP contribution in [0.3, 0.4) is 0 Å². The summed E-state index contributed by atoms with van der Waals surface area (Å²) in [7, 11) is -5.47. The Balaban J connectivity index is 2.35. The normalized spacial score (nSPS) is 24.6. The number of ether oxygens (including phenoxy) is 1. The maximum atomic E-state index is 13.1. The summed E-state index contributed by atoms with van der Waals surface area (Å²) in [5.74, 6) is -0.532. The molecule has 4 N–H and O–H groups in total. The molecule has 1 aliphatic rings. The zero-order valence-corrected chi connectivity index (χ0v) is 21.4. The topological polar surface area (TPSA) is 188 Å². The van der Waals surface area contributed by atoms with E-state index >= 15 is 0 Å². The number of aryl methyl sites for hydroxylation is 1. The monoisotopic (exact) mass is 522 g/mol. The van der Waals surface area contributed by atoms with Crippen molar-refractivity contribution < 1.29 is 32.5 Å². The maximum Gasteiger partial charge on any atom is 0.331 e. The van der Waals surface area contributed by atoms with E-state index in [1.165, 1.54) is 13.1 Å². The third-order valence-corrected chi connectivity index (χ3v) is 8.27. The molecule has 0 aromatic carbocycles. The Morgan fingerprint density at radius 1 is 1.38 bits per heavy atom. The first kappa shape index (κ1) is 28.8. The Morgan fingerprint density at radius 3 is 2.62 bits per heavy atom.